The maximum absolute atomic E-state index is 4.49. The number of hydrogen-bond donors (Lipinski definition) is 0. The van der Waals surface area contributed by atoms with E-state index in [2.05, 4.69) is 75.5 Å². The lowest BCUT2D eigenvalue weighted by Gasteiger charge is -2.33. The molecule has 1 unspecified atom stereocenters. The Morgan fingerprint density at radius 3 is 2.31 bits per heavy atom. The largest absolute Gasteiger partial charge is 0.103 e. The summed E-state index contributed by atoms with van der Waals surface area (Å²) in [6, 6.07) is 15.7. The minimum atomic E-state index is 0.507. The SMILES string of the molecule is C=CCCCC(CC)(CCCC)CCCc1cc2cccc3cccc(c1=C)c32. The van der Waals surface area contributed by atoms with Gasteiger partial charge in [-0.1, -0.05) is 88.2 Å². The van der Waals surface area contributed by atoms with Crippen molar-refractivity contribution in [2.45, 2.75) is 78.1 Å². The molecule has 0 bridgehead atoms. The number of allylic oxidation sites excluding steroid dienone is 1. The van der Waals surface area contributed by atoms with E-state index in [9.17, 15) is 0 Å². The van der Waals surface area contributed by atoms with E-state index in [0.717, 1.165) is 12.8 Å². The fourth-order valence-electron chi connectivity index (χ4n) is 5.14. The van der Waals surface area contributed by atoms with Crippen molar-refractivity contribution in [1.82, 2.24) is 0 Å². The third kappa shape index (κ3) is 4.92. The Balaban J connectivity index is 1.78. The predicted molar refractivity (Wildman–Crippen MR) is 131 cm³/mol. The van der Waals surface area contributed by atoms with Crippen molar-refractivity contribution in [3.05, 3.63) is 65.9 Å². The Morgan fingerprint density at radius 2 is 1.59 bits per heavy atom. The van der Waals surface area contributed by atoms with Crippen LogP contribution in [0.15, 0.2) is 55.1 Å². The number of aryl methyl sites for hydroxylation is 1. The molecule has 1 atom stereocenters. The van der Waals surface area contributed by atoms with Gasteiger partial charge in [0.05, 0.1) is 0 Å². The zero-order valence-corrected chi connectivity index (χ0v) is 18.6. The van der Waals surface area contributed by atoms with Gasteiger partial charge in [0.25, 0.3) is 0 Å². The smallest absolute Gasteiger partial charge is 0.00329 e. The van der Waals surface area contributed by atoms with Gasteiger partial charge in [0, 0.05) is 0 Å². The van der Waals surface area contributed by atoms with E-state index >= 15 is 0 Å². The molecule has 154 valence electrons. The van der Waals surface area contributed by atoms with Crippen molar-refractivity contribution in [2.75, 3.05) is 0 Å². The molecule has 0 aliphatic rings. The fourth-order valence-corrected chi connectivity index (χ4v) is 5.14. The summed E-state index contributed by atoms with van der Waals surface area (Å²) >= 11 is 0. The van der Waals surface area contributed by atoms with Crippen molar-refractivity contribution in [2.24, 2.45) is 5.41 Å². The van der Waals surface area contributed by atoms with E-state index < -0.39 is 0 Å². The maximum atomic E-state index is 4.49. The van der Waals surface area contributed by atoms with Crippen molar-refractivity contribution < 1.29 is 0 Å². The van der Waals surface area contributed by atoms with E-state index in [1.54, 1.807) is 0 Å². The van der Waals surface area contributed by atoms with Gasteiger partial charge in [-0.25, -0.2) is 0 Å². The van der Waals surface area contributed by atoms with Gasteiger partial charge in [0.2, 0.25) is 0 Å². The average molecular weight is 387 g/mol. The first-order chi connectivity index (χ1) is 14.1. The van der Waals surface area contributed by atoms with Crippen LogP contribution in [-0.2, 0) is 6.42 Å². The molecule has 0 heteroatoms. The molecule has 0 N–H and O–H groups in total. The van der Waals surface area contributed by atoms with Crippen molar-refractivity contribution in [3.63, 3.8) is 0 Å². The second-order valence-corrected chi connectivity index (χ2v) is 8.89. The first-order valence-electron chi connectivity index (χ1n) is 11.7. The minimum Gasteiger partial charge on any atom is -0.103 e. The van der Waals surface area contributed by atoms with Gasteiger partial charge in [0.15, 0.2) is 0 Å². The van der Waals surface area contributed by atoms with E-state index in [1.165, 1.54) is 83.7 Å². The Morgan fingerprint density at radius 1 is 0.897 bits per heavy atom. The summed E-state index contributed by atoms with van der Waals surface area (Å²) in [6.07, 6.45) is 14.9. The normalized spacial score (nSPS) is 13.7. The molecule has 0 heterocycles. The van der Waals surface area contributed by atoms with Crippen LogP contribution in [0.25, 0.3) is 28.1 Å². The zero-order valence-electron chi connectivity index (χ0n) is 18.6. The number of hydrogen-bond acceptors (Lipinski definition) is 0. The monoisotopic (exact) mass is 386 g/mol. The molecule has 0 aliphatic heterocycles. The lowest BCUT2D eigenvalue weighted by molar-refractivity contribution is 0.193. The first-order valence-corrected chi connectivity index (χ1v) is 11.7. The summed E-state index contributed by atoms with van der Waals surface area (Å²) in [6.45, 7) is 13.1. The van der Waals surface area contributed by atoms with Crippen molar-refractivity contribution in [3.8, 4) is 0 Å². The van der Waals surface area contributed by atoms with Crippen LogP contribution in [-0.4, -0.2) is 0 Å². The first kappa shape index (κ1) is 21.6. The number of benzene rings is 3. The molecule has 0 aliphatic carbocycles. The van der Waals surface area contributed by atoms with Gasteiger partial charge in [-0.3, -0.25) is 0 Å². The molecule has 0 spiro atoms. The van der Waals surface area contributed by atoms with Crippen LogP contribution in [0.2, 0.25) is 0 Å². The van der Waals surface area contributed by atoms with Gasteiger partial charge in [-0.2, -0.15) is 0 Å². The topological polar surface area (TPSA) is 0 Å². The summed E-state index contributed by atoms with van der Waals surface area (Å²) in [7, 11) is 0. The van der Waals surface area contributed by atoms with Crippen LogP contribution < -0.4 is 5.22 Å². The maximum Gasteiger partial charge on any atom is -0.00329 e. The second-order valence-electron chi connectivity index (χ2n) is 8.89. The Bertz CT molecular complexity index is 975. The molecule has 0 saturated carbocycles. The van der Waals surface area contributed by atoms with Crippen LogP contribution in [0.4, 0.5) is 0 Å². The Hall–Kier alpha value is -2.08. The van der Waals surface area contributed by atoms with Crippen molar-refractivity contribution in [1.29, 1.82) is 0 Å². The van der Waals surface area contributed by atoms with E-state index in [-0.39, 0.29) is 0 Å². The molecule has 3 rings (SSSR count). The molecule has 3 aromatic carbocycles. The van der Waals surface area contributed by atoms with Crippen LogP contribution in [0, 0.1) is 5.41 Å². The number of rotatable bonds is 12. The molecule has 0 fully saturated rings. The molecule has 0 amide bonds. The summed E-state index contributed by atoms with van der Waals surface area (Å²) < 4.78 is 0. The molecule has 0 nitrogen and oxygen atoms in total. The summed E-state index contributed by atoms with van der Waals surface area (Å²) in [5, 5.41) is 6.62. The van der Waals surface area contributed by atoms with Gasteiger partial charge in [-0.05, 0) is 82.7 Å². The van der Waals surface area contributed by atoms with Crippen LogP contribution in [0.5, 0.6) is 0 Å². The van der Waals surface area contributed by atoms with Gasteiger partial charge < -0.3 is 0 Å². The molecule has 29 heavy (non-hydrogen) atoms. The van der Waals surface area contributed by atoms with Gasteiger partial charge in [-0.15, -0.1) is 6.58 Å². The zero-order chi connectivity index (χ0) is 20.7. The minimum absolute atomic E-state index is 0.507. The summed E-state index contributed by atoms with van der Waals surface area (Å²) in [5.74, 6) is 0. The fraction of sp³-hybridized carbons (Fsp3) is 0.448. The number of unbranched alkanes of at least 4 members (excludes halogenated alkanes) is 2. The summed E-state index contributed by atoms with van der Waals surface area (Å²) in [5.41, 5.74) is 1.94. The van der Waals surface area contributed by atoms with Crippen molar-refractivity contribution >= 4 is 28.1 Å². The molecule has 0 radical (unpaired) electrons. The molecular weight excluding hydrogens is 348 g/mol. The Kier molecular flexibility index (Phi) is 7.53. The average Bonchev–Trinajstić information content (AvgIpc) is 2.75. The molecule has 0 saturated heterocycles. The lowest BCUT2D eigenvalue weighted by atomic mass is 9.72. The van der Waals surface area contributed by atoms with Gasteiger partial charge in [0.1, 0.15) is 0 Å². The second kappa shape index (κ2) is 10.1. The van der Waals surface area contributed by atoms with Crippen LogP contribution >= 0.6 is 0 Å². The van der Waals surface area contributed by atoms with Gasteiger partial charge >= 0.3 is 0 Å². The highest BCUT2D eigenvalue weighted by Gasteiger charge is 2.26. The third-order valence-corrected chi connectivity index (χ3v) is 7.06. The Labute approximate surface area is 177 Å². The lowest BCUT2D eigenvalue weighted by Crippen LogP contribution is -2.21. The highest BCUT2D eigenvalue weighted by Crippen LogP contribution is 2.39. The quantitative estimate of drug-likeness (QED) is 0.216. The predicted octanol–water partition coefficient (Wildman–Crippen LogP) is 8.39. The van der Waals surface area contributed by atoms with E-state index in [0.29, 0.717) is 5.41 Å². The molecule has 0 aromatic heterocycles. The third-order valence-electron chi connectivity index (χ3n) is 7.06. The molecular formula is C29H38. The molecule has 3 aromatic rings. The highest BCUT2D eigenvalue weighted by molar-refractivity contribution is 6.10. The summed E-state index contributed by atoms with van der Waals surface area (Å²) in [4.78, 5) is 0. The van der Waals surface area contributed by atoms with Crippen LogP contribution in [0.3, 0.4) is 0 Å². The highest BCUT2D eigenvalue weighted by atomic mass is 14.3. The standard InChI is InChI=1S/C29H38/c1-5-8-10-20-29(7-3,19-9-6-2)21-13-17-25-22-26-16-11-14-24-15-12-18-27(23(25)4)28(24)26/h5,11-12,14-16,18,22H,1,4,6-10,13,17,19-21H2,2-3H3. The van der Waals surface area contributed by atoms with E-state index in [1.807, 2.05) is 0 Å². The van der Waals surface area contributed by atoms with Crippen LogP contribution in [0.1, 0.15) is 77.2 Å². The van der Waals surface area contributed by atoms with E-state index in [4.69, 9.17) is 0 Å².